The minimum absolute atomic E-state index is 0.634. The second-order valence-corrected chi connectivity index (χ2v) is 7.18. The highest BCUT2D eigenvalue weighted by Gasteiger charge is 2.25. The summed E-state index contributed by atoms with van der Waals surface area (Å²) in [5.74, 6) is 1.32. The molecule has 1 nitrogen and oxygen atoms in total. The Morgan fingerprint density at radius 2 is 1.95 bits per heavy atom. The van der Waals surface area contributed by atoms with Crippen molar-refractivity contribution in [3.8, 4) is 0 Å². The topological polar surface area (TPSA) is 12.0 Å². The third-order valence-electron chi connectivity index (χ3n) is 4.38. The molecule has 1 aliphatic rings. The summed E-state index contributed by atoms with van der Waals surface area (Å²) in [6, 6.07) is 11.7. The zero-order chi connectivity index (χ0) is 13.7. The van der Waals surface area contributed by atoms with Crippen molar-refractivity contribution in [2.75, 3.05) is 12.8 Å². The number of nitrogens with one attached hydrogen (secondary N) is 1. The molecule has 0 amide bonds. The van der Waals surface area contributed by atoms with Gasteiger partial charge in [-0.15, -0.1) is 0 Å². The quantitative estimate of drug-likeness (QED) is 0.832. The van der Waals surface area contributed by atoms with E-state index < -0.39 is 0 Å². The van der Waals surface area contributed by atoms with Crippen molar-refractivity contribution in [1.82, 2.24) is 5.32 Å². The largest absolute Gasteiger partial charge is 0.313 e. The smallest absolute Gasteiger partial charge is 0.00782 e. The van der Waals surface area contributed by atoms with Gasteiger partial charge in [0.1, 0.15) is 0 Å². The van der Waals surface area contributed by atoms with Gasteiger partial charge < -0.3 is 5.32 Å². The first-order valence-electron chi connectivity index (χ1n) is 7.51. The van der Waals surface area contributed by atoms with E-state index >= 15 is 0 Å². The molecule has 0 saturated heterocycles. The maximum absolute atomic E-state index is 3.81. The van der Waals surface area contributed by atoms with Gasteiger partial charge in [-0.1, -0.05) is 44.2 Å². The Morgan fingerprint density at radius 1 is 1.21 bits per heavy atom. The van der Waals surface area contributed by atoms with Crippen LogP contribution >= 0.6 is 11.8 Å². The highest BCUT2D eigenvalue weighted by Crippen LogP contribution is 2.29. The van der Waals surface area contributed by atoms with Crippen molar-refractivity contribution in [3.63, 3.8) is 0 Å². The van der Waals surface area contributed by atoms with E-state index in [1.54, 1.807) is 0 Å². The average Bonchev–Trinajstić information content (AvgIpc) is 2.88. The van der Waals surface area contributed by atoms with Gasteiger partial charge in [0.05, 0.1) is 0 Å². The molecule has 0 bridgehead atoms. The van der Waals surface area contributed by atoms with Crippen LogP contribution in [0.5, 0.6) is 0 Å². The van der Waals surface area contributed by atoms with Gasteiger partial charge in [-0.05, 0) is 42.9 Å². The van der Waals surface area contributed by atoms with E-state index in [1.165, 1.54) is 24.8 Å². The molecular weight excluding hydrogens is 250 g/mol. The summed E-state index contributed by atoms with van der Waals surface area (Å²) in [6.07, 6.45) is 6.33. The summed E-state index contributed by atoms with van der Waals surface area (Å²) >= 11 is 2.03. The van der Waals surface area contributed by atoms with Gasteiger partial charge in [-0.2, -0.15) is 11.8 Å². The molecule has 1 aromatic rings. The zero-order valence-electron chi connectivity index (χ0n) is 12.4. The van der Waals surface area contributed by atoms with Gasteiger partial charge in [0.25, 0.3) is 0 Å². The van der Waals surface area contributed by atoms with Gasteiger partial charge in [0, 0.05) is 17.8 Å². The molecule has 1 saturated carbocycles. The third kappa shape index (κ3) is 4.25. The molecule has 0 aliphatic heterocycles. The first-order valence-corrected chi connectivity index (χ1v) is 8.80. The fourth-order valence-corrected chi connectivity index (χ4v) is 3.87. The van der Waals surface area contributed by atoms with Crippen LogP contribution in [0, 0.1) is 5.92 Å². The van der Waals surface area contributed by atoms with Gasteiger partial charge in [0.15, 0.2) is 0 Å². The lowest BCUT2D eigenvalue weighted by atomic mass is 9.88. The number of hydrogen-bond donors (Lipinski definition) is 1. The van der Waals surface area contributed by atoms with Crippen LogP contribution < -0.4 is 5.32 Å². The minimum atomic E-state index is 0.634. The summed E-state index contributed by atoms with van der Waals surface area (Å²) < 4.78 is 0. The molecule has 0 heterocycles. The highest BCUT2D eigenvalue weighted by atomic mass is 32.2. The average molecular weight is 277 g/mol. The first-order chi connectivity index (χ1) is 9.20. The Kier molecular flexibility index (Phi) is 5.77. The molecule has 2 heteroatoms. The summed E-state index contributed by atoms with van der Waals surface area (Å²) in [5, 5.41) is 4.69. The summed E-state index contributed by atoms with van der Waals surface area (Å²) in [5.41, 5.74) is 1.48. The van der Waals surface area contributed by atoms with E-state index in [0.717, 1.165) is 17.8 Å². The van der Waals surface area contributed by atoms with Crippen molar-refractivity contribution in [1.29, 1.82) is 0 Å². The predicted octanol–water partition coefficient (Wildman–Crippen LogP) is 4.30. The molecule has 3 atom stereocenters. The van der Waals surface area contributed by atoms with E-state index in [2.05, 4.69) is 55.8 Å². The zero-order valence-corrected chi connectivity index (χ0v) is 13.2. The molecule has 0 spiro atoms. The van der Waals surface area contributed by atoms with Crippen molar-refractivity contribution < 1.29 is 0 Å². The second kappa shape index (κ2) is 7.35. The van der Waals surface area contributed by atoms with Crippen LogP contribution in [0.4, 0.5) is 0 Å². The molecule has 19 heavy (non-hydrogen) atoms. The normalized spacial score (nSPS) is 24.8. The molecule has 106 valence electrons. The molecule has 1 N–H and O–H groups in total. The molecule has 1 aliphatic carbocycles. The van der Waals surface area contributed by atoms with E-state index in [1.807, 2.05) is 11.8 Å². The lowest BCUT2D eigenvalue weighted by molar-refractivity contribution is 0.423. The fraction of sp³-hybridized carbons (Fsp3) is 0.647. The van der Waals surface area contributed by atoms with Gasteiger partial charge in [-0.3, -0.25) is 0 Å². The van der Waals surface area contributed by atoms with E-state index in [9.17, 15) is 0 Å². The van der Waals surface area contributed by atoms with Crippen LogP contribution in [0.25, 0.3) is 0 Å². The van der Waals surface area contributed by atoms with Crippen molar-refractivity contribution >= 4 is 11.8 Å². The van der Waals surface area contributed by atoms with Crippen LogP contribution in [0.2, 0.25) is 0 Å². The van der Waals surface area contributed by atoms with E-state index in [4.69, 9.17) is 0 Å². The highest BCUT2D eigenvalue weighted by molar-refractivity contribution is 7.99. The molecular formula is C17H27NS. The molecule has 2 rings (SSSR count). The van der Waals surface area contributed by atoms with Crippen molar-refractivity contribution in [3.05, 3.63) is 35.9 Å². The summed E-state index contributed by atoms with van der Waals surface area (Å²) in [6.45, 7) is 5.78. The SMILES string of the molecule is CSC1CCC(NCC(c2ccccc2)C(C)C)C1. The van der Waals surface area contributed by atoms with Crippen LogP contribution in [-0.4, -0.2) is 24.1 Å². The Balaban J connectivity index is 1.88. The summed E-state index contributed by atoms with van der Waals surface area (Å²) in [4.78, 5) is 0. The van der Waals surface area contributed by atoms with Crippen molar-refractivity contribution in [2.45, 2.75) is 50.3 Å². The Hall–Kier alpha value is -0.470. The van der Waals surface area contributed by atoms with Gasteiger partial charge >= 0.3 is 0 Å². The number of rotatable bonds is 6. The predicted molar refractivity (Wildman–Crippen MR) is 87.0 cm³/mol. The summed E-state index contributed by atoms with van der Waals surface area (Å²) in [7, 11) is 0. The van der Waals surface area contributed by atoms with Crippen LogP contribution in [0.1, 0.15) is 44.6 Å². The number of benzene rings is 1. The van der Waals surface area contributed by atoms with Gasteiger partial charge in [0.2, 0.25) is 0 Å². The fourth-order valence-electron chi connectivity index (χ4n) is 3.07. The maximum Gasteiger partial charge on any atom is 0.00782 e. The Bertz CT molecular complexity index is 363. The van der Waals surface area contributed by atoms with E-state index in [0.29, 0.717) is 11.8 Å². The molecule has 1 fully saturated rings. The van der Waals surface area contributed by atoms with Crippen LogP contribution in [0.15, 0.2) is 30.3 Å². The molecule has 0 radical (unpaired) electrons. The lowest BCUT2D eigenvalue weighted by Gasteiger charge is -2.24. The standard InChI is InChI=1S/C17H27NS/c1-13(2)17(14-7-5-4-6-8-14)12-18-15-9-10-16(11-15)19-3/h4-8,13,15-18H,9-12H2,1-3H3. The van der Waals surface area contributed by atoms with E-state index in [-0.39, 0.29) is 0 Å². The minimum Gasteiger partial charge on any atom is -0.313 e. The van der Waals surface area contributed by atoms with Crippen molar-refractivity contribution in [2.24, 2.45) is 5.92 Å². The second-order valence-electron chi connectivity index (χ2n) is 6.04. The lowest BCUT2D eigenvalue weighted by Crippen LogP contribution is -2.32. The monoisotopic (exact) mass is 277 g/mol. The molecule has 0 aromatic heterocycles. The number of hydrogen-bond acceptors (Lipinski definition) is 2. The van der Waals surface area contributed by atoms with Crippen LogP contribution in [0.3, 0.4) is 0 Å². The maximum atomic E-state index is 3.81. The van der Waals surface area contributed by atoms with Crippen LogP contribution in [-0.2, 0) is 0 Å². The van der Waals surface area contributed by atoms with Gasteiger partial charge in [-0.25, -0.2) is 0 Å². The molecule has 1 aromatic carbocycles. The Labute approximate surface area is 122 Å². The first kappa shape index (κ1) is 14.9. The third-order valence-corrected chi connectivity index (χ3v) is 5.47. The molecule has 3 unspecified atom stereocenters. The Morgan fingerprint density at radius 3 is 2.53 bits per heavy atom. The number of thioether (sulfide) groups is 1.